The Morgan fingerprint density at radius 3 is 2.33 bits per heavy atom. The topological polar surface area (TPSA) is 92.5 Å². The van der Waals surface area contributed by atoms with Crippen molar-refractivity contribution < 1.29 is 13.2 Å². The second kappa shape index (κ2) is 9.87. The van der Waals surface area contributed by atoms with Gasteiger partial charge in [0, 0.05) is 25.2 Å². The van der Waals surface area contributed by atoms with Crippen LogP contribution in [0.5, 0.6) is 0 Å². The Balaban J connectivity index is 0.00000364. The molecule has 2 atom stereocenters. The third-order valence-electron chi connectivity index (χ3n) is 5.30. The van der Waals surface area contributed by atoms with Crippen LogP contribution >= 0.6 is 12.4 Å². The summed E-state index contributed by atoms with van der Waals surface area (Å²) in [5, 5.41) is 2.95. The zero-order chi connectivity index (χ0) is 19.4. The van der Waals surface area contributed by atoms with Crippen LogP contribution in [0.2, 0.25) is 0 Å². The smallest absolute Gasteiger partial charge is 0.243 e. The Hall–Kier alpha value is -1.15. The van der Waals surface area contributed by atoms with Crippen molar-refractivity contribution in [1.82, 2.24) is 9.62 Å². The average Bonchev–Trinajstić information content (AvgIpc) is 2.60. The molecule has 0 spiro atoms. The molecule has 2 unspecified atom stereocenters. The molecule has 0 heterocycles. The molecule has 0 bridgehead atoms. The van der Waals surface area contributed by atoms with Gasteiger partial charge in [0.15, 0.2) is 0 Å². The molecular formula is C19H32ClN3O3S. The van der Waals surface area contributed by atoms with E-state index in [9.17, 15) is 13.2 Å². The summed E-state index contributed by atoms with van der Waals surface area (Å²) < 4.78 is 26.4. The number of rotatable bonds is 7. The van der Waals surface area contributed by atoms with Gasteiger partial charge in [-0.1, -0.05) is 38.8 Å². The molecular weight excluding hydrogens is 386 g/mol. The van der Waals surface area contributed by atoms with Crippen molar-refractivity contribution in [3.8, 4) is 0 Å². The van der Waals surface area contributed by atoms with E-state index in [2.05, 4.69) is 5.32 Å². The maximum atomic E-state index is 12.5. The third kappa shape index (κ3) is 5.67. The molecule has 1 aromatic carbocycles. The zero-order valence-corrected chi connectivity index (χ0v) is 18.0. The molecule has 6 nitrogen and oxygen atoms in total. The lowest BCUT2D eigenvalue weighted by atomic mass is 9.74. The van der Waals surface area contributed by atoms with Gasteiger partial charge in [-0.3, -0.25) is 4.79 Å². The fraction of sp³-hybridized carbons (Fsp3) is 0.632. The van der Waals surface area contributed by atoms with Crippen LogP contribution in [0.4, 0.5) is 0 Å². The van der Waals surface area contributed by atoms with Crippen molar-refractivity contribution in [3.63, 3.8) is 0 Å². The standard InChI is InChI=1S/C19H31N3O3S.ClH/c1-4-22(5-2)26(24,25)16-11-9-15(10-12-16)14-21-18(23)17-8-6-7-13-19(17,3)20;/h9-12,17H,4-8,13-14,20H2,1-3H3,(H,21,23);1H. The SMILES string of the molecule is CCN(CC)S(=O)(=O)c1ccc(CNC(=O)C2CCCCC2(C)N)cc1.Cl. The Morgan fingerprint density at radius 1 is 1.22 bits per heavy atom. The highest BCUT2D eigenvalue weighted by atomic mass is 35.5. The van der Waals surface area contributed by atoms with E-state index >= 15 is 0 Å². The number of hydrogen-bond donors (Lipinski definition) is 2. The number of hydrogen-bond acceptors (Lipinski definition) is 4. The maximum absolute atomic E-state index is 12.5. The van der Waals surface area contributed by atoms with Crippen LogP contribution in [0.3, 0.4) is 0 Å². The summed E-state index contributed by atoms with van der Waals surface area (Å²) in [6, 6.07) is 6.70. The lowest BCUT2D eigenvalue weighted by Gasteiger charge is -2.37. The molecule has 0 saturated heterocycles. The van der Waals surface area contributed by atoms with Crippen LogP contribution in [-0.2, 0) is 21.4 Å². The van der Waals surface area contributed by atoms with E-state index < -0.39 is 15.6 Å². The first-order chi connectivity index (χ1) is 12.2. The van der Waals surface area contributed by atoms with Gasteiger partial charge in [0.25, 0.3) is 0 Å². The highest BCUT2D eigenvalue weighted by molar-refractivity contribution is 7.89. The predicted molar refractivity (Wildman–Crippen MR) is 110 cm³/mol. The molecule has 1 amide bonds. The van der Waals surface area contributed by atoms with Crippen molar-refractivity contribution in [3.05, 3.63) is 29.8 Å². The fourth-order valence-electron chi connectivity index (χ4n) is 3.59. The number of halogens is 1. The van der Waals surface area contributed by atoms with Crippen molar-refractivity contribution >= 4 is 28.3 Å². The maximum Gasteiger partial charge on any atom is 0.243 e. The molecule has 1 saturated carbocycles. The normalized spacial score (nSPS) is 22.9. The lowest BCUT2D eigenvalue weighted by molar-refractivity contribution is -0.128. The molecule has 2 rings (SSSR count). The Morgan fingerprint density at radius 2 is 1.81 bits per heavy atom. The quantitative estimate of drug-likeness (QED) is 0.713. The molecule has 1 fully saturated rings. The van der Waals surface area contributed by atoms with E-state index in [4.69, 9.17) is 5.73 Å². The highest BCUT2D eigenvalue weighted by Gasteiger charge is 2.37. The summed E-state index contributed by atoms with van der Waals surface area (Å²) in [5.41, 5.74) is 6.69. The van der Waals surface area contributed by atoms with Gasteiger partial charge >= 0.3 is 0 Å². The highest BCUT2D eigenvalue weighted by Crippen LogP contribution is 2.31. The minimum Gasteiger partial charge on any atom is -0.352 e. The number of carbonyl (C=O) groups excluding carboxylic acids is 1. The van der Waals surface area contributed by atoms with Crippen LogP contribution < -0.4 is 11.1 Å². The van der Waals surface area contributed by atoms with Gasteiger partial charge in [0.2, 0.25) is 15.9 Å². The van der Waals surface area contributed by atoms with Crippen LogP contribution in [0.1, 0.15) is 52.0 Å². The predicted octanol–water partition coefficient (Wildman–Crippen LogP) is 2.66. The van der Waals surface area contributed by atoms with Crippen molar-refractivity contribution in [2.45, 2.75) is 63.4 Å². The second-order valence-corrected chi connectivity index (χ2v) is 9.19. The van der Waals surface area contributed by atoms with Crippen LogP contribution in [0.15, 0.2) is 29.2 Å². The van der Waals surface area contributed by atoms with Crippen molar-refractivity contribution in [2.75, 3.05) is 13.1 Å². The zero-order valence-electron chi connectivity index (χ0n) is 16.4. The summed E-state index contributed by atoms with van der Waals surface area (Å²) in [6.07, 6.45) is 3.78. The molecule has 0 aromatic heterocycles. The Labute approximate surface area is 169 Å². The first-order valence-corrected chi connectivity index (χ1v) is 10.8. The average molecular weight is 418 g/mol. The molecule has 1 aliphatic carbocycles. The minimum atomic E-state index is -3.45. The summed E-state index contributed by atoms with van der Waals surface area (Å²) in [4.78, 5) is 12.8. The van der Waals surface area contributed by atoms with Gasteiger partial charge in [-0.2, -0.15) is 4.31 Å². The second-order valence-electron chi connectivity index (χ2n) is 7.26. The van der Waals surface area contributed by atoms with Crippen LogP contribution in [-0.4, -0.2) is 37.3 Å². The van der Waals surface area contributed by atoms with Crippen LogP contribution in [0, 0.1) is 5.92 Å². The summed E-state index contributed by atoms with van der Waals surface area (Å²) in [5.74, 6) is -0.187. The summed E-state index contributed by atoms with van der Waals surface area (Å²) >= 11 is 0. The summed E-state index contributed by atoms with van der Waals surface area (Å²) in [7, 11) is -3.45. The fourth-order valence-corrected chi connectivity index (χ4v) is 5.05. The molecule has 8 heteroatoms. The third-order valence-corrected chi connectivity index (χ3v) is 7.37. The molecule has 3 N–H and O–H groups in total. The van der Waals surface area contributed by atoms with Crippen molar-refractivity contribution in [1.29, 1.82) is 0 Å². The number of nitrogens with zero attached hydrogens (tertiary/aromatic N) is 1. The van der Waals surface area contributed by atoms with E-state index in [1.807, 2.05) is 20.8 Å². The van der Waals surface area contributed by atoms with Crippen LogP contribution in [0.25, 0.3) is 0 Å². The first-order valence-electron chi connectivity index (χ1n) is 9.38. The molecule has 0 radical (unpaired) electrons. The number of carbonyl (C=O) groups is 1. The largest absolute Gasteiger partial charge is 0.352 e. The first kappa shape index (κ1) is 23.9. The van der Waals surface area contributed by atoms with E-state index in [1.165, 1.54) is 4.31 Å². The van der Waals surface area contributed by atoms with Gasteiger partial charge in [-0.15, -0.1) is 12.4 Å². The van der Waals surface area contributed by atoms with Gasteiger partial charge in [0.1, 0.15) is 0 Å². The molecule has 1 aromatic rings. The summed E-state index contributed by atoms with van der Waals surface area (Å²) in [6.45, 7) is 6.84. The number of amides is 1. The number of nitrogens with one attached hydrogen (secondary N) is 1. The van der Waals surface area contributed by atoms with Gasteiger partial charge in [0.05, 0.1) is 10.8 Å². The molecule has 27 heavy (non-hydrogen) atoms. The molecule has 0 aliphatic heterocycles. The number of benzene rings is 1. The van der Waals surface area contributed by atoms with Gasteiger partial charge in [-0.05, 0) is 37.5 Å². The van der Waals surface area contributed by atoms with E-state index in [1.54, 1.807) is 24.3 Å². The number of sulfonamides is 1. The molecule has 1 aliphatic rings. The monoisotopic (exact) mass is 417 g/mol. The van der Waals surface area contributed by atoms with Crippen molar-refractivity contribution in [2.24, 2.45) is 11.7 Å². The Bertz CT molecular complexity index is 716. The van der Waals surface area contributed by atoms with E-state index in [-0.39, 0.29) is 29.1 Å². The lowest BCUT2D eigenvalue weighted by Crippen LogP contribution is -2.52. The van der Waals surface area contributed by atoms with Gasteiger partial charge < -0.3 is 11.1 Å². The van der Waals surface area contributed by atoms with E-state index in [0.29, 0.717) is 19.6 Å². The van der Waals surface area contributed by atoms with E-state index in [0.717, 1.165) is 31.2 Å². The van der Waals surface area contributed by atoms with Gasteiger partial charge in [-0.25, -0.2) is 8.42 Å². The number of nitrogens with two attached hydrogens (primary N) is 1. The molecule has 154 valence electrons. The minimum absolute atomic E-state index is 0. The Kier molecular flexibility index (Phi) is 8.73.